The van der Waals surface area contributed by atoms with Gasteiger partial charge in [0.05, 0.1) is 23.6 Å². The van der Waals surface area contributed by atoms with Crippen LogP contribution in [0.1, 0.15) is 18.8 Å². The Morgan fingerprint density at radius 3 is 2.74 bits per heavy atom. The summed E-state index contributed by atoms with van der Waals surface area (Å²) in [6.07, 6.45) is 0. The fourth-order valence-electron chi connectivity index (χ4n) is 3.07. The Balaban J connectivity index is 1.71. The summed E-state index contributed by atoms with van der Waals surface area (Å²) in [5.41, 5.74) is 0.702. The number of benzene rings is 1. The van der Waals surface area contributed by atoms with Crippen LogP contribution in [0.2, 0.25) is 0 Å². The molecule has 1 saturated heterocycles. The second-order valence-electron chi connectivity index (χ2n) is 6.01. The van der Waals surface area contributed by atoms with Crippen LogP contribution < -0.4 is 5.56 Å². The van der Waals surface area contributed by atoms with Gasteiger partial charge in [-0.05, 0) is 19.1 Å². The van der Waals surface area contributed by atoms with Crippen LogP contribution in [-0.4, -0.2) is 66.2 Å². The molecule has 124 valence electrons. The van der Waals surface area contributed by atoms with Crippen LogP contribution in [-0.2, 0) is 4.74 Å². The molecular weight excluding hydrogens is 292 g/mol. The van der Waals surface area contributed by atoms with E-state index in [0.717, 1.165) is 50.7 Å². The lowest BCUT2D eigenvalue weighted by molar-refractivity contribution is 0.0766. The average molecular weight is 316 g/mol. The number of nitrogens with zero attached hydrogens (tertiary/aromatic N) is 3. The molecule has 0 unspecified atom stereocenters. The number of aromatic amines is 1. The van der Waals surface area contributed by atoms with Gasteiger partial charge in [0, 0.05) is 39.8 Å². The Bertz CT molecular complexity index is 707. The van der Waals surface area contributed by atoms with Crippen molar-refractivity contribution in [3.8, 4) is 0 Å². The van der Waals surface area contributed by atoms with E-state index >= 15 is 0 Å². The minimum atomic E-state index is -0.0591. The van der Waals surface area contributed by atoms with Crippen LogP contribution in [0.5, 0.6) is 0 Å². The number of fused-ring (bicyclic) bond motifs is 1. The first-order chi connectivity index (χ1) is 11.2. The molecule has 0 bridgehead atoms. The summed E-state index contributed by atoms with van der Waals surface area (Å²) in [7, 11) is 1.74. The van der Waals surface area contributed by atoms with E-state index in [2.05, 4.69) is 26.7 Å². The highest BCUT2D eigenvalue weighted by Crippen LogP contribution is 2.19. The van der Waals surface area contributed by atoms with Gasteiger partial charge in [-0.2, -0.15) is 0 Å². The van der Waals surface area contributed by atoms with E-state index in [1.807, 2.05) is 24.3 Å². The Kier molecular flexibility index (Phi) is 5.05. The number of nitrogens with one attached hydrogen (secondary N) is 1. The highest BCUT2D eigenvalue weighted by Gasteiger charge is 2.23. The van der Waals surface area contributed by atoms with E-state index in [-0.39, 0.29) is 11.6 Å². The summed E-state index contributed by atoms with van der Waals surface area (Å²) in [5.74, 6) is 0.749. The molecule has 2 aromatic rings. The monoisotopic (exact) mass is 316 g/mol. The SMILES string of the molecule is COCCN1CCN([C@H](C)c2nc3ccccc3c(=O)[nH]2)CC1. The molecule has 1 fully saturated rings. The molecule has 1 aromatic heterocycles. The number of hydrogen-bond acceptors (Lipinski definition) is 5. The molecule has 3 rings (SSSR count). The third-order valence-electron chi connectivity index (χ3n) is 4.59. The molecule has 1 N–H and O–H groups in total. The number of aromatic nitrogens is 2. The molecule has 0 amide bonds. The number of para-hydroxylation sites is 1. The van der Waals surface area contributed by atoms with E-state index in [1.165, 1.54) is 0 Å². The maximum Gasteiger partial charge on any atom is 0.258 e. The van der Waals surface area contributed by atoms with Gasteiger partial charge in [0.2, 0.25) is 0 Å². The minimum absolute atomic E-state index is 0.0591. The lowest BCUT2D eigenvalue weighted by Crippen LogP contribution is -2.48. The highest BCUT2D eigenvalue weighted by molar-refractivity contribution is 5.77. The standard InChI is InChI=1S/C17H24N4O2/c1-13(21-9-7-20(8-10-21)11-12-23-2)16-18-15-6-4-3-5-14(15)17(22)19-16/h3-6,13H,7-12H2,1-2H3,(H,18,19,22)/t13-/m1/s1. The van der Waals surface area contributed by atoms with Gasteiger partial charge in [0.25, 0.3) is 5.56 Å². The highest BCUT2D eigenvalue weighted by atomic mass is 16.5. The van der Waals surface area contributed by atoms with Crippen molar-refractivity contribution in [1.29, 1.82) is 0 Å². The summed E-state index contributed by atoms with van der Waals surface area (Å²) in [6.45, 7) is 7.84. The van der Waals surface area contributed by atoms with E-state index in [1.54, 1.807) is 7.11 Å². The summed E-state index contributed by atoms with van der Waals surface area (Å²) in [6, 6.07) is 7.59. The van der Waals surface area contributed by atoms with Crippen molar-refractivity contribution in [3.63, 3.8) is 0 Å². The maximum atomic E-state index is 12.2. The molecule has 1 atom stereocenters. The van der Waals surface area contributed by atoms with Crippen LogP contribution in [0.15, 0.2) is 29.1 Å². The van der Waals surface area contributed by atoms with Crippen molar-refractivity contribution >= 4 is 10.9 Å². The zero-order chi connectivity index (χ0) is 16.2. The van der Waals surface area contributed by atoms with Crippen LogP contribution in [0.4, 0.5) is 0 Å². The molecule has 1 aromatic carbocycles. The lowest BCUT2D eigenvalue weighted by Gasteiger charge is -2.37. The molecule has 1 aliphatic heterocycles. The number of rotatable bonds is 5. The van der Waals surface area contributed by atoms with Gasteiger partial charge in [-0.1, -0.05) is 12.1 Å². The summed E-state index contributed by atoms with van der Waals surface area (Å²) in [5, 5.41) is 0.646. The van der Waals surface area contributed by atoms with Crippen molar-refractivity contribution in [2.45, 2.75) is 13.0 Å². The number of H-pyrrole nitrogens is 1. The third kappa shape index (κ3) is 3.60. The van der Waals surface area contributed by atoms with Gasteiger partial charge >= 0.3 is 0 Å². The first-order valence-corrected chi connectivity index (χ1v) is 8.13. The van der Waals surface area contributed by atoms with E-state index in [9.17, 15) is 4.79 Å². The predicted octanol–water partition coefficient (Wildman–Crippen LogP) is 1.25. The molecule has 6 heteroatoms. The van der Waals surface area contributed by atoms with Gasteiger partial charge in [-0.15, -0.1) is 0 Å². The lowest BCUT2D eigenvalue weighted by atomic mass is 10.2. The average Bonchev–Trinajstić information content (AvgIpc) is 2.60. The van der Waals surface area contributed by atoms with E-state index in [0.29, 0.717) is 5.39 Å². The second kappa shape index (κ2) is 7.21. The van der Waals surface area contributed by atoms with Crippen molar-refractivity contribution in [2.75, 3.05) is 46.4 Å². The van der Waals surface area contributed by atoms with Crippen molar-refractivity contribution < 1.29 is 4.74 Å². The van der Waals surface area contributed by atoms with Crippen LogP contribution in [0.3, 0.4) is 0 Å². The summed E-state index contributed by atoms with van der Waals surface area (Å²) < 4.78 is 5.14. The number of methoxy groups -OCH3 is 1. The number of piperazine rings is 1. The molecule has 2 heterocycles. The van der Waals surface area contributed by atoms with Gasteiger partial charge < -0.3 is 9.72 Å². The molecule has 1 aliphatic rings. The predicted molar refractivity (Wildman–Crippen MR) is 90.7 cm³/mol. The zero-order valence-corrected chi connectivity index (χ0v) is 13.8. The fourth-order valence-corrected chi connectivity index (χ4v) is 3.07. The smallest absolute Gasteiger partial charge is 0.258 e. The zero-order valence-electron chi connectivity index (χ0n) is 13.8. The number of hydrogen-bond donors (Lipinski definition) is 1. The van der Waals surface area contributed by atoms with Crippen molar-refractivity contribution in [1.82, 2.24) is 19.8 Å². The number of ether oxygens (including phenoxy) is 1. The van der Waals surface area contributed by atoms with Crippen LogP contribution in [0.25, 0.3) is 10.9 Å². The van der Waals surface area contributed by atoms with E-state index in [4.69, 9.17) is 4.74 Å². The molecule has 23 heavy (non-hydrogen) atoms. The molecule has 0 radical (unpaired) electrons. The Morgan fingerprint density at radius 2 is 2.00 bits per heavy atom. The first-order valence-electron chi connectivity index (χ1n) is 8.13. The normalized spacial score (nSPS) is 18.3. The van der Waals surface area contributed by atoms with Gasteiger partial charge in [0.1, 0.15) is 5.82 Å². The second-order valence-corrected chi connectivity index (χ2v) is 6.01. The maximum absolute atomic E-state index is 12.2. The van der Waals surface area contributed by atoms with Gasteiger partial charge in [0.15, 0.2) is 0 Å². The Morgan fingerprint density at radius 1 is 1.26 bits per heavy atom. The summed E-state index contributed by atoms with van der Waals surface area (Å²) >= 11 is 0. The topological polar surface area (TPSA) is 61.5 Å². The molecule has 0 aliphatic carbocycles. The van der Waals surface area contributed by atoms with Crippen LogP contribution >= 0.6 is 0 Å². The fraction of sp³-hybridized carbons (Fsp3) is 0.529. The Hall–Kier alpha value is -1.76. The van der Waals surface area contributed by atoms with Gasteiger partial charge in [-0.25, -0.2) is 4.98 Å². The molecule has 6 nitrogen and oxygen atoms in total. The molecular formula is C17H24N4O2. The van der Waals surface area contributed by atoms with Crippen LogP contribution in [0, 0.1) is 0 Å². The quantitative estimate of drug-likeness (QED) is 0.899. The largest absolute Gasteiger partial charge is 0.383 e. The molecule has 0 saturated carbocycles. The van der Waals surface area contributed by atoms with Crippen molar-refractivity contribution in [3.05, 3.63) is 40.4 Å². The Labute approximate surface area is 136 Å². The third-order valence-corrected chi connectivity index (χ3v) is 4.59. The molecule has 0 spiro atoms. The minimum Gasteiger partial charge on any atom is -0.383 e. The summed E-state index contributed by atoms with van der Waals surface area (Å²) in [4.78, 5) is 24.6. The van der Waals surface area contributed by atoms with Crippen molar-refractivity contribution in [2.24, 2.45) is 0 Å². The van der Waals surface area contributed by atoms with E-state index < -0.39 is 0 Å². The first kappa shape index (κ1) is 16.1. The van der Waals surface area contributed by atoms with Gasteiger partial charge in [-0.3, -0.25) is 14.6 Å².